The van der Waals surface area contributed by atoms with Crippen LogP contribution in [-0.4, -0.2) is 38.5 Å². The Morgan fingerprint density at radius 2 is 1.80 bits per heavy atom. The van der Waals surface area contributed by atoms with Crippen molar-refractivity contribution in [2.45, 2.75) is 13.0 Å². The zero-order valence-corrected chi connectivity index (χ0v) is 17.1. The lowest BCUT2D eigenvalue weighted by Gasteiger charge is -2.18. The first-order chi connectivity index (χ1) is 14.3. The number of hydrogen-bond donors (Lipinski definition) is 1. The van der Waals surface area contributed by atoms with Gasteiger partial charge in [-0.2, -0.15) is 4.57 Å². The number of benzene rings is 2. The highest BCUT2D eigenvalue weighted by Gasteiger charge is 2.28. The van der Waals surface area contributed by atoms with E-state index in [1.807, 2.05) is 6.07 Å². The molecule has 0 fully saturated rings. The van der Waals surface area contributed by atoms with Gasteiger partial charge >= 0.3 is 0 Å². The van der Waals surface area contributed by atoms with Crippen molar-refractivity contribution in [2.75, 3.05) is 21.0 Å². The summed E-state index contributed by atoms with van der Waals surface area (Å²) >= 11 is 0. The highest BCUT2D eigenvalue weighted by molar-refractivity contribution is 7.79. The van der Waals surface area contributed by atoms with Crippen LogP contribution in [0.5, 0.6) is 23.0 Å². The van der Waals surface area contributed by atoms with E-state index in [0.717, 1.165) is 46.7 Å². The molecule has 0 bridgehead atoms. The molecule has 5 rings (SSSR count). The number of methoxy groups -OCH3 is 2. The van der Waals surface area contributed by atoms with Gasteiger partial charge in [-0.3, -0.25) is 4.55 Å². The number of aryl methyl sites for hydroxylation is 2. The summed E-state index contributed by atoms with van der Waals surface area (Å²) in [5, 5.41) is 2.22. The van der Waals surface area contributed by atoms with Crippen LogP contribution in [0.1, 0.15) is 5.56 Å². The number of nitrogens with zero attached hydrogens (tertiary/aromatic N) is 1. The molecule has 30 heavy (non-hydrogen) atoms. The van der Waals surface area contributed by atoms with Crippen LogP contribution >= 0.6 is 0 Å². The van der Waals surface area contributed by atoms with Crippen LogP contribution in [0.25, 0.3) is 22.0 Å². The Bertz CT molecular complexity index is 1230. The van der Waals surface area contributed by atoms with E-state index in [1.54, 1.807) is 14.2 Å². The van der Waals surface area contributed by atoms with E-state index < -0.39 is 10.4 Å². The van der Waals surface area contributed by atoms with E-state index >= 15 is 0 Å². The topological polar surface area (TPSA) is 118 Å². The van der Waals surface area contributed by atoms with Crippen LogP contribution in [0.4, 0.5) is 0 Å². The van der Waals surface area contributed by atoms with Gasteiger partial charge in [0, 0.05) is 12.5 Å². The second-order valence-electron chi connectivity index (χ2n) is 6.70. The summed E-state index contributed by atoms with van der Waals surface area (Å²) in [7, 11) is -1.58. The third-order valence-electron chi connectivity index (χ3n) is 5.01. The van der Waals surface area contributed by atoms with Gasteiger partial charge in [-0.1, -0.05) is 0 Å². The standard InChI is InChI=1S/C20H18NO4.H2O4S/c1-22-18-8-13-5-6-21-10-15-12(3-4-17-20(15)25-11-24-17)7-16(21)14(13)9-19(18)23-2;1-5(2,3)4/h3-4,7-10H,5-6,11H2,1-2H3;(H2,1,2,3,4)/q+1;/p-1. The number of aromatic nitrogens is 1. The first-order valence-corrected chi connectivity index (χ1v) is 10.3. The SMILES string of the molecule is COc1cc2c(cc1OC)-c1cc3ccc4c(c3c[n+]1CC2)OCO4.O=S(=O)([O-])O. The molecule has 0 spiro atoms. The van der Waals surface area contributed by atoms with E-state index in [1.165, 1.54) is 16.8 Å². The van der Waals surface area contributed by atoms with Crippen LogP contribution in [0.15, 0.2) is 36.5 Å². The smallest absolute Gasteiger partial charge is 0.231 e. The normalized spacial score (nSPS) is 13.7. The van der Waals surface area contributed by atoms with Crippen molar-refractivity contribution in [3.8, 4) is 34.3 Å². The molecule has 0 amide bonds. The summed E-state index contributed by atoms with van der Waals surface area (Å²) in [6.07, 6.45) is 3.11. The van der Waals surface area contributed by atoms with Gasteiger partial charge in [0.05, 0.1) is 25.2 Å². The molecule has 0 saturated heterocycles. The van der Waals surface area contributed by atoms with Crippen molar-refractivity contribution >= 4 is 21.2 Å². The second kappa shape index (κ2) is 7.63. The van der Waals surface area contributed by atoms with E-state index in [0.29, 0.717) is 0 Å². The number of fused-ring (bicyclic) bond motifs is 6. The Morgan fingerprint density at radius 3 is 2.50 bits per heavy atom. The van der Waals surface area contributed by atoms with Gasteiger partial charge in [-0.15, -0.1) is 0 Å². The lowest BCUT2D eigenvalue weighted by molar-refractivity contribution is -0.686. The summed E-state index contributed by atoms with van der Waals surface area (Å²) in [6, 6.07) is 10.4. The molecule has 2 aromatic carbocycles. The maximum absolute atomic E-state index is 8.63. The lowest BCUT2D eigenvalue weighted by atomic mass is 9.95. The minimum absolute atomic E-state index is 0.288. The van der Waals surface area contributed by atoms with Crippen LogP contribution < -0.4 is 23.5 Å². The van der Waals surface area contributed by atoms with Crippen molar-refractivity contribution < 1.29 is 41.0 Å². The molecule has 1 aromatic heterocycles. The van der Waals surface area contributed by atoms with Crippen LogP contribution in [0.3, 0.4) is 0 Å². The van der Waals surface area contributed by atoms with Crippen molar-refractivity contribution in [1.29, 1.82) is 0 Å². The summed E-state index contributed by atoms with van der Waals surface area (Å²) in [6.45, 7) is 1.20. The molecule has 3 aromatic rings. The van der Waals surface area contributed by atoms with Gasteiger partial charge in [0.1, 0.15) is 0 Å². The molecule has 0 atom stereocenters. The van der Waals surface area contributed by atoms with E-state index in [2.05, 4.69) is 35.0 Å². The van der Waals surface area contributed by atoms with Crippen molar-refractivity contribution in [1.82, 2.24) is 0 Å². The highest BCUT2D eigenvalue weighted by atomic mass is 32.3. The minimum atomic E-state index is -4.92. The number of pyridine rings is 1. The predicted octanol–water partition coefficient (Wildman–Crippen LogP) is 2.10. The average molecular weight is 433 g/mol. The number of rotatable bonds is 2. The molecule has 1 N–H and O–H groups in total. The molecule has 0 unspecified atom stereocenters. The fraction of sp³-hybridized carbons (Fsp3) is 0.250. The molecule has 10 heteroatoms. The fourth-order valence-corrected chi connectivity index (χ4v) is 3.75. The quantitative estimate of drug-likeness (QED) is 0.371. The molecule has 0 aliphatic carbocycles. The average Bonchev–Trinajstić information content (AvgIpc) is 3.19. The van der Waals surface area contributed by atoms with Crippen molar-refractivity contribution in [2.24, 2.45) is 0 Å². The Morgan fingerprint density at radius 1 is 1.10 bits per heavy atom. The fourth-order valence-electron chi connectivity index (χ4n) is 3.75. The molecule has 3 heterocycles. The summed E-state index contributed by atoms with van der Waals surface area (Å²) < 4.78 is 57.2. The van der Waals surface area contributed by atoms with Crippen LogP contribution in [0.2, 0.25) is 0 Å². The monoisotopic (exact) mass is 433 g/mol. The van der Waals surface area contributed by atoms with Gasteiger partial charge in [0.25, 0.3) is 0 Å². The second-order valence-corrected chi connectivity index (χ2v) is 7.55. The summed E-state index contributed by atoms with van der Waals surface area (Å²) in [5.41, 5.74) is 3.63. The van der Waals surface area contributed by atoms with E-state index in [4.69, 9.17) is 36.5 Å². The van der Waals surface area contributed by atoms with E-state index in [9.17, 15) is 0 Å². The van der Waals surface area contributed by atoms with Crippen LogP contribution in [-0.2, 0) is 23.4 Å². The lowest BCUT2D eigenvalue weighted by Crippen LogP contribution is -2.40. The molecular weight excluding hydrogens is 414 g/mol. The molecule has 9 nitrogen and oxygen atoms in total. The largest absolute Gasteiger partial charge is 0.726 e. The first kappa shape index (κ1) is 20.2. The highest BCUT2D eigenvalue weighted by Crippen LogP contribution is 2.41. The van der Waals surface area contributed by atoms with Gasteiger partial charge in [0.15, 0.2) is 35.7 Å². The molecular formula is C20H19NO8S. The molecule has 158 valence electrons. The Kier molecular flexibility index (Phi) is 5.14. The van der Waals surface area contributed by atoms with Crippen molar-refractivity contribution in [3.05, 3.63) is 42.1 Å². The van der Waals surface area contributed by atoms with Gasteiger partial charge < -0.3 is 23.5 Å². The third kappa shape index (κ3) is 3.84. The maximum atomic E-state index is 8.63. The molecule has 0 saturated carbocycles. The van der Waals surface area contributed by atoms with Crippen molar-refractivity contribution in [3.63, 3.8) is 0 Å². The molecule has 2 aliphatic rings. The van der Waals surface area contributed by atoms with Gasteiger partial charge in [-0.25, -0.2) is 8.42 Å². The van der Waals surface area contributed by atoms with Gasteiger partial charge in [0.2, 0.25) is 22.9 Å². The zero-order chi connectivity index (χ0) is 21.5. The number of ether oxygens (including phenoxy) is 4. The third-order valence-corrected chi connectivity index (χ3v) is 5.01. The first-order valence-electron chi connectivity index (χ1n) is 8.98. The number of hydrogen-bond acceptors (Lipinski definition) is 7. The Balaban J connectivity index is 0.000000393. The molecule has 2 aliphatic heterocycles. The maximum Gasteiger partial charge on any atom is 0.231 e. The van der Waals surface area contributed by atoms with Crippen LogP contribution in [0, 0.1) is 0 Å². The minimum Gasteiger partial charge on any atom is -0.726 e. The van der Waals surface area contributed by atoms with Gasteiger partial charge in [-0.05, 0) is 35.2 Å². The van der Waals surface area contributed by atoms with E-state index in [-0.39, 0.29) is 6.79 Å². The predicted molar refractivity (Wildman–Crippen MR) is 105 cm³/mol. The molecule has 0 radical (unpaired) electrons. The Labute approximate surface area is 173 Å². The zero-order valence-electron chi connectivity index (χ0n) is 16.2. The summed E-state index contributed by atoms with van der Waals surface area (Å²) in [5.74, 6) is 3.18. The summed E-state index contributed by atoms with van der Waals surface area (Å²) in [4.78, 5) is 0. The Hall–Kier alpha value is -3.08.